The number of nitrogens with one attached hydrogen (secondary N) is 1. The van der Waals surface area contributed by atoms with Crippen molar-refractivity contribution in [2.45, 2.75) is 30.7 Å². The third-order valence-corrected chi connectivity index (χ3v) is 6.61. The van der Waals surface area contributed by atoms with Gasteiger partial charge in [0.05, 0.1) is 6.54 Å². The number of nitrogens with zero attached hydrogens (tertiary/aromatic N) is 1. The molecule has 0 aromatic carbocycles. The molecular weight excluding hydrogens is 314 g/mol. The van der Waals surface area contributed by atoms with Crippen LogP contribution in [0.3, 0.4) is 0 Å². The minimum atomic E-state index is -3.36. The highest BCUT2D eigenvalue weighted by molar-refractivity contribution is 7.91. The molecule has 1 aliphatic carbocycles. The topological polar surface area (TPSA) is 85.1 Å². The van der Waals surface area contributed by atoms with Crippen molar-refractivity contribution in [2.24, 2.45) is 0 Å². The van der Waals surface area contributed by atoms with Crippen molar-refractivity contribution in [3.8, 4) is 0 Å². The van der Waals surface area contributed by atoms with Crippen LogP contribution in [0.15, 0.2) is 11.0 Å². The number of aromatic nitrogens is 1. The van der Waals surface area contributed by atoms with E-state index >= 15 is 0 Å². The summed E-state index contributed by atoms with van der Waals surface area (Å²) in [6, 6.07) is 2.21. The fourth-order valence-electron chi connectivity index (χ4n) is 2.41. The Morgan fingerprint density at radius 1 is 1.45 bits per heavy atom. The van der Waals surface area contributed by atoms with Crippen LogP contribution in [0.4, 0.5) is 10.8 Å². The number of nitrogens with two attached hydrogens (primary N) is 1. The van der Waals surface area contributed by atoms with Crippen molar-refractivity contribution < 1.29 is 8.42 Å². The van der Waals surface area contributed by atoms with Gasteiger partial charge in [0, 0.05) is 16.0 Å². The van der Waals surface area contributed by atoms with E-state index in [2.05, 4.69) is 15.8 Å². The van der Waals surface area contributed by atoms with Gasteiger partial charge in [0.25, 0.3) is 0 Å². The van der Waals surface area contributed by atoms with E-state index in [1.54, 1.807) is 11.3 Å². The number of sulfone groups is 1. The summed E-state index contributed by atoms with van der Waals surface area (Å²) in [6.45, 7) is 0.613. The molecule has 2 aromatic rings. The number of hydrogen-bond donors (Lipinski definition) is 2. The molecule has 0 saturated heterocycles. The predicted octanol–water partition coefficient (Wildman–Crippen LogP) is 2.29. The fourth-order valence-corrected chi connectivity index (χ4v) is 5.67. The Labute approximate surface area is 125 Å². The van der Waals surface area contributed by atoms with Crippen molar-refractivity contribution in [1.82, 2.24) is 4.37 Å². The number of nitrogen functional groups attached to an aromatic ring is 1. The van der Waals surface area contributed by atoms with Crippen LogP contribution in [0.5, 0.6) is 0 Å². The van der Waals surface area contributed by atoms with E-state index in [9.17, 15) is 8.42 Å². The van der Waals surface area contributed by atoms with Gasteiger partial charge in [-0.3, -0.25) is 0 Å². The molecule has 20 heavy (non-hydrogen) atoms. The third-order valence-electron chi connectivity index (χ3n) is 3.27. The highest BCUT2D eigenvalue weighted by atomic mass is 32.2. The van der Waals surface area contributed by atoms with Gasteiger partial charge >= 0.3 is 0 Å². The SMILES string of the molecule is CS(=O)(=O)c1c(N)nsc1NCc1cc2c(s1)CCC2. The van der Waals surface area contributed by atoms with E-state index < -0.39 is 9.84 Å². The van der Waals surface area contributed by atoms with Gasteiger partial charge in [0.2, 0.25) is 0 Å². The lowest BCUT2D eigenvalue weighted by Gasteiger charge is -2.04. The molecule has 0 aliphatic heterocycles. The second kappa shape index (κ2) is 5.01. The maximum Gasteiger partial charge on any atom is 0.182 e. The number of rotatable bonds is 4. The minimum absolute atomic E-state index is 0.0775. The van der Waals surface area contributed by atoms with Crippen LogP contribution in [-0.4, -0.2) is 19.0 Å². The molecule has 5 nitrogen and oxygen atoms in total. The lowest BCUT2D eigenvalue weighted by atomic mass is 10.2. The quantitative estimate of drug-likeness (QED) is 0.899. The van der Waals surface area contributed by atoms with E-state index in [0.717, 1.165) is 24.2 Å². The van der Waals surface area contributed by atoms with Crippen LogP contribution in [-0.2, 0) is 29.2 Å². The molecule has 2 heterocycles. The maximum atomic E-state index is 11.7. The number of anilines is 2. The summed E-state index contributed by atoms with van der Waals surface area (Å²) in [5.41, 5.74) is 7.08. The van der Waals surface area contributed by atoms with Crippen molar-refractivity contribution in [3.63, 3.8) is 0 Å². The smallest absolute Gasteiger partial charge is 0.182 e. The molecule has 3 N–H and O–H groups in total. The highest BCUT2D eigenvalue weighted by Crippen LogP contribution is 2.34. The summed E-state index contributed by atoms with van der Waals surface area (Å²) < 4.78 is 27.3. The van der Waals surface area contributed by atoms with Crippen LogP contribution in [0, 0.1) is 0 Å². The number of thiophene rings is 1. The molecule has 1 aliphatic rings. The standard InChI is InChI=1S/C12H15N3O2S3/c1-20(16,17)10-11(13)15-19-12(10)14-6-8-5-7-3-2-4-9(7)18-8/h5,14H,2-4,6H2,1H3,(H2,13,15). The molecule has 0 fully saturated rings. The summed E-state index contributed by atoms with van der Waals surface area (Å²) >= 11 is 2.89. The van der Waals surface area contributed by atoms with Gasteiger partial charge in [-0.1, -0.05) is 0 Å². The van der Waals surface area contributed by atoms with E-state index in [1.807, 2.05) is 0 Å². The molecule has 0 spiro atoms. The summed E-state index contributed by atoms with van der Waals surface area (Å²) in [6.07, 6.45) is 4.73. The minimum Gasteiger partial charge on any atom is -0.382 e. The zero-order chi connectivity index (χ0) is 14.3. The molecule has 2 aromatic heterocycles. The Balaban J connectivity index is 1.79. The van der Waals surface area contributed by atoms with E-state index in [-0.39, 0.29) is 10.7 Å². The van der Waals surface area contributed by atoms with Gasteiger partial charge in [0.1, 0.15) is 9.90 Å². The molecule has 8 heteroatoms. The van der Waals surface area contributed by atoms with Gasteiger partial charge in [-0.05, 0) is 42.4 Å². The van der Waals surface area contributed by atoms with E-state index in [0.29, 0.717) is 11.5 Å². The highest BCUT2D eigenvalue weighted by Gasteiger charge is 2.21. The first-order valence-electron chi connectivity index (χ1n) is 6.24. The summed E-state index contributed by atoms with van der Waals surface area (Å²) in [7, 11) is -3.36. The first-order chi connectivity index (χ1) is 9.45. The third kappa shape index (κ3) is 2.55. The Bertz CT molecular complexity index is 725. The van der Waals surface area contributed by atoms with Gasteiger partial charge in [-0.15, -0.1) is 11.3 Å². The summed E-state index contributed by atoms with van der Waals surface area (Å²) in [5.74, 6) is 0.0775. The molecule has 0 unspecified atom stereocenters. The summed E-state index contributed by atoms with van der Waals surface area (Å²) in [4.78, 5) is 2.81. The monoisotopic (exact) mass is 329 g/mol. The Morgan fingerprint density at radius 3 is 2.95 bits per heavy atom. The van der Waals surface area contributed by atoms with Crippen LogP contribution in [0.1, 0.15) is 21.7 Å². The fraction of sp³-hybridized carbons (Fsp3) is 0.417. The average molecular weight is 329 g/mol. The first kappa shape index (κ1) is 13.8. The van der Waals surface area contributed by atoms with Gasteiger partial charge in [0.15, 0.2) is 15.7 Å². The van der Waals surface area contributed by atoms with Crippen LogP contribution in [0.25, 0.3) is 0 Å². The first-order valence-corrected chi connectivity index (χ1v) is 9.73. The van der Waals surface area contributed by atoms with Crippen molar-refractivity contribution in [1.29, 1.82) is 0 Å². The zero-order valence-electron chi connectivity index (χ0n) is 11.0. The molecule has 108 valence electrons. The molecule has 0 amide bonds. The van der Waals surface area contributed by atoms with Crippen molar-refractivity contribution in [3.05, 3.63) is 21.4 Å². The Hall–Kier alpha value is -1.12. The maximum absolute atomic E-state index is 11.7. The summed E-state index contributed by atoms with van der Waals surface area (Å²) in [5, 5.41) is 3.68. The largest absolute Gasteiger partial charge is 0.382 e. The Morgan fingerprint density at radius 2 is 2.25 bits per heavy atom. The van der Waals surface area contributed by atoms with Gasteiger partial charge in [-0.25, -0.2) is 8.42 Å². The van der Waals surface area contributed by atoms with Crippen LogP contribution >= 0.6 is 22.9 Å². The van der Waals surface area contributed by atoms with Crippen LogP contribution < -0.4 is 11.1 Å². The number of fused-ring (bicyclic) bond motifs is 1. The zero-order valence-corrected chi connectivity index (χ0v) is 13.4. The Kier molecular flexibility index (Phi) is 3.47. The van der Waals surface area contributed by atoms with Gasteiger partial charge in [-0.2, -0.15) is 4.37 Å². The number of hydrogen-bond acceptors (Lipinski definition) is 7. The molecule has 0 radical (unpaired) electrons. The molecule has 0 atom stereocenters. The van der Waals surface area contributed by atoms with Crippen molar-refractivity contribution >= 4 is 43.5 Å². The second-order valence-corrected chi connectivity index (χ2v) is 8.81. The average Bonchev–Trinajstić information content (AvgIpc) is 2.98. The molecule has 0 saturated carbocycles. The van der Waals surface area contributed by atoms with E-state index in [4.69, 9.17) is 5.73 Å². The molecular formula is C12H15N3O2S3. The normalized spacial score (nSPS) is 14.4. The lowest BCUT2D eigenvalue weighted by Crippen LogP contribution is -2.05. The molecule has 3 rings (SSSR count). The van der Waals surface area contributed by atoms with E-state index in [1.165, 1.54) is 28.2 Å². The molecule has 0 bridgehead atoms. The van der Waals surface area contributed by atoms with Gasteiger partial charge < -0.3 is 11.1 Å². The second-order valence-electron chi connectivity index (χ2n) is 4.87. The van der Waals surface area contributed by atoms with Crippen LogP contribution in [0.2, 0.25) is 0 Å². The predicted molar refractivity (Wildman–Crippen MR) is 83.3 cm³/mol. The lowest BCUT2D eigenvalue weighted by molar-refractivity contribution is 0.602. The van der Waals surface area contributed by atoms with Crippen molar-refractivity contribution in [2.75, 3.05) is 17.3 Å². The number of aryl methyl sites for hydroxylation is 2.